The molecule has 0 saturated heterocycles. The molecule has 1 saturated carbocycles. The van der Waals surface area contributed by atoms with Crippen molar-refractivity contribution in [2.24, 2.45) is 0 Å². The normalized spacial score (nSPS) is 14.3. The van der Waals surface area contributed by atoms with Crippen LogP contribution in [0.15, 0.2) is 18.3 Å². The van der Waals surface area contributed by atoms with E-state index < -0.39 is 0 Å². The van der Waals surface area contributed by atoms with Crippen LogP contribution in [0.4, 0.5) is 0 Å². The third kappa shape index (κ3) is 2.93. The van der Waals surface area contributed by atoms with Crippen LogP contribution in [0.2, 0.25) is 0 Å². The van der Waals surface area contributed by atoms with Gasteiger partial charge in [0.25, 0.3) is 5.91 Å². The fourth-order valence-electron chi connectivity index (χ4n) is 2.98. The molecule has 3 rings (SSSR count). The van der Waals surface area contributed by atoms with E-state index in [9.17, 15) is 4.79 Å². The minimum atomic E-state index is 0.123. The number of aromatic nitrogens is 3. The number of hydrogen-bond donors (Lipinski definition) is 1. The highest BCUT2D eigenvalue weighted by Crippen LogP contribution is 2.36. The molecule has 1 aliphatic rings. The lowest BCUT2D eigenvalue weighted by Crippen LogP contribution is -2.29. The maximum absolute atomic E-state index is 12.6. The number of aromatic amines is 1. The number of nitrogens with one attached hydrogen (secondary N) is 1. The topological polar surface area (TPSA) is 53.9 Å². The molecular weight excluding hydrogens is 276 g/mol. The summed E-state index contributed by atoms with van der Waals surface area (Å²) in [5.41, 5.74) is 4.30. The summed E-state index contributed by atoms with van der Waals surface area (Å²) in [6.45, 7) is 4.84. The average Bonchev–Trinajstić information content (AvgIpc) is 3.15. The first-order valence-corrected chi connectivity index (χ1v) is 8.00. The molecule has 0 aromatic carbocycles. The Hall–Kier alpha value is -2.04. The van der Waals surface area contributed by atoms with Crippen LogP contribution in [0.1, 0.15) is 52.7 Å². The Labute approximate surface area is 131 Å². The second kappa shape index (κ2) is 5.99. The van der Waals surface area contributed by atoms with Crippen molar-refractivity contribution >= 4 is 5.91 Å². The fourth-order valence-corrected chi connectivity index (χ4v) is 2.98. The molecule has 0 atom stereocenters. The summed E-state index contributed by atoms with van der Waals surface area (Å²) >= 11 is 0. The highest BCUT2D eigenvalue weighted by atomic mass is 16.2. The van der Waals surface area contributed by atoms with Gasteiger partial charge in [0.2, 0.25) is 0 Å². The summed E-state index contributed by atoms with van der Waals surface area (Å²) in [6.07, 6.45) is 6.31. The number of carbonyl (C=O) groups is 1. The standard InChI is InChI=1S/C17H24N4O/c1-12-15(13(2)19-18-12)6-4-10-20(3)17(22)16-7-5-11-21(16)14-8-9-14/h5,7,11,14H,4,6,8-10H2,1-3H3,(H,18,19). The van der Waals surface area contributed by atoms with E-state index >= 15 is 0 Å². The molecule has 0 aliphatic heterocycles. The smallest absolute Gasteiger partial charge is 0.270 e. The van der Waals surface area contributed by atoms with E-state index in [2.05, 4.69) is 14.8 Å². The van der Waals surface area contributed by atoms with Crippen LogP contribution in [-0.2, 0) is 6.42 Å². The Bertz CT molecular complexity index is 647. The summed E-state index contributed by atoms with van der Waals surface area (Å²) in [5.74, 6) is 0.123. The summed E-state index contributed by atoms with van der Waals surface area (Å²) in [4.78, 5) is 14.4. The van der Waals surface area contributed by atoms with Gasteiger partial charge in [-0.15, -0.1) is 0 Å². The van der Waals surface area contributed by atoms with Crippen molar-refractivity contribution in [3.63, 3.8) is 0 Å². The Morgan fingerprint density at radius 1 is 1.45 bits per heavy atom. The molecule has 22 heavy (non-hydrogen) atoms. The van der Waals surface area contributed by atoms with Crippen molar-refractivity contribution in [1.29, 1.82) is 0 Å². The van der Waals surface area contributed by atoms with E-state index in [0.29, 0.717) is 6.04 Å². The first kappa shape index (κ1) is 14.9. The molecule has 1 N–H and O–H groups in total. The van der Waals surface area contributed by atoms with Crippen LogP contribution in [0.5, 0.6) is 0 Å². The van der Waals surface area contributed by atoms with Crippen molar-refractivity contribution in [3.05, 3.63) is 41.0 Å². The maximum Gasteiger partial charge on any atom is 0.270 e. The zero-order valence-electron chi connectivity index (χ0n) is 13.6. The SMILES string of the molecule is Cc1n[nH]c(C)c1CCCN(C)C(=O)c1cccn1C1CC1. The molecule has 0 unspecified atom stereocenters. The van der Waals surface area contributed by atoms with Crippen LogP contribution in [0.3, 0.4) is 0 Å². The Kier molecular flexibility index (Phi) is 4.05. The molecule has 0 spiro atoms. The minimum absolute atomic E-state index is 0.123. The van der Waals surface area contributed by atoms with Gasteiger partial charge in [0, 0.05) is 31.5 Å². The molecule has 1 fully saturated rings. The van der Waals surface area contributed by atoms with Crippen LogP contribution in [0, 0.1) is 13.8 Å². The van der Waals surface area contributed by atoms with Gasteiger partial charge in [-0.2, -0.15) is 5.10 Å². The minimum Gasteiger partial charge on any atom is -0.340 e. The third-order valence-corrected chi connectivity index (χ3v) is 4.49. The molecule has 0 bridgehead atoms. The van der Waals surface area contributed by atoms with E-state index in [-0.39, 0.29) is 5.91 Å². The lowest BCUT2D eigenvalue weighted by atomic mass is 10.1. The fraction of sp³-hybridized carbons (Fsp3) is 0.529. The zero-order valence-corrected chi connectivity index (χ0v) is 13.6. The van der Waals surface area contributed by atoms with Gasteiger partial charge in [-0.25, -0.2) is 0 Å². The number of rotatable bonds is 6. The monoisotopic (exact) mass is 300 g/mol. The summed E-state index contributed by atoms with van der Waals surface area (Å²) in [7, 11) is 1.89. The third-order valence-electron chi connectivity index (χ3n) is 4.49. The molecule has 1 amide bonds. The quantitative estimate of drug-likeness (QED) is 0.892. The number of hydrogen-bond acceptors (Lipinski definition) is 2. The van der Waals surface area contributed by atoms with Gasteiger partial charge in [-0.3, -0.25) is 9.89 Å². The summed E-state index contributed by atoms with van der Waals surface area (Å²) in [5, 5.41) is 7.23. The Morgan fingerprint density at radius 2 is 2.23 bits per heavy atom. The Balaban J connectivity index is 1.56. The number of aryl methyl sites for hydroxylation is 2. The van der Waals surface area contributed by atoms with Crippen molar-refractivity contribution in [1.82, 2.24) is 19.7 Å². The number of carbonyl (C=O) groups excluding carboxylic acids is 1. The van der Waals surface area contributed by atoms with Crippen molar-refractivity contribution in [2.45, 2.75) is 45.6 Å². The molecular formula is C17H24N4O. The molecule has 118 valence electrons. The molecule has 2 heterocycles. The van der Waals surface area contributed by atoms with E-state index in [1.807, 2.05) is 44.1 Å². The van der Waals surface area contributed by atoms with E-state index in [1.165, 1.54) is 18.4 Å². The summed E-state index contributed by atoms with van der Waals surface area (Å²) < 4.78 is 2.13. The van der Waals surface area contributed by atoms with Crippen LogP contribution in [-0.4, -0.2) is 39.2 Å². The number of H-pyrrole nitrogens is 1. The lowest BCUT2D eigenvalue weighted by Gasteiger charge is -2.18. The van der Waals surface area contributed by atoms with Crippen molar-refractivity contribution < 1.29 is 4.79 Å². The molecule has 5 heteroatoms. The number of nitrogens with zero attached hydrogens (tertiary/aromatic N) is 3. The van der Waals surface area contributed by atoms with Gasteiger partial charge in [-0.1, -0.05) is 0 Å². The number of amides is 1. The predicted octanol–water partition coefficient (Wildman–Crippen LogP) is 2.87. The highest BCUT2D eigenvalue weighted by molar-refractivity contribution is 5.92. The van der Waals surface area contributed by atoms with Gasteiger partial charge in [0.05, 0.1) is 5.69 Å². The van der Waals surface area contributed by atoms with Crippen molar-refractivity contribution in [2.75, 3.05) is 13.6 Å². The second-order valence-electron chi connectivity index (χ2n) is 6.27. The molecule has 2 aromatic rings. The molecule has 5 nitrogen and oxygen atoms in total. The van der Waals surface area contributed by atoms with E-state index in [1.54, 1.807) is 0 Å². The maximum atomic E-state index is 12.6. The molecule has 2 aromatic heterocycles. The van der Waals surface area contributed by atoms with Crippen LogP contribution < -0.4 is 0 Å². The van der Waals surface area contributed by atoms with Gasteiger partial charge < -0.3 is 9.47 Å². The van der Waals surface area contributed by atoms with Crippen molar-refractivity contribution in [3.8, 4) is 0 Å². The molecule has 0 radical (unpaired) electrons. The lowest BCUT2D eigenvalue weighted by molar-refractivity contribution is 0.0782. The van der Waals surface area contributed by atoms with Gasteiger partial charge in [0.15, 0.2) is 0 Å². The van der Waals surface area contributed by atoms with Crippen LogP contribution in [0.25, 0.3) is 0 Å². The highest BCUT2D eigenvalue weighted by Gasteiger charge is 2.27. The van der Waals surface area contributed by atoms with E-state index in [0.717, 1.165) is 36.5 Å². The first-order valence-electron chi connectivity index (χ1n) is 8.00. The van der Waals surface area contributed by atoms with Gasteiger partial charge >= 0.3 is 0 Å². The van der Waals surface area contributed by atoms with E-state index in [4.69, 9.17) is 0 Å². The summed E-state index contributed by atoms with van der Waals surface area (Å²) in [6, 6.07) is 4.44. The first-order chi connectivity index (χ1) is 10.6. The average molecular weight is 300 g/mol. The second-order valence-corrected chi connectivity index (χ2v) is 6.27. The zero-order chi connectivity index (χ0) is 15.7. The predicted molar refractivity (Wildman–Crippen MR) is 86.0 cm³/mol. The van der Waals surface area contributed by atoms with Gasteiger partial charge in [-0.05, 0) is 57.2 Å². The molecule has 1 aliphatic carbocycles. The van der Waals surface area contributed by atoms with Crippen LogP contribution >= 0.6 is 0 Å². The largest absolute Gasteiger partial charge is 0.340 e. The van der Waals surface area contributed by atoms with Gasteiger partial charge in [0.1, 0.15) is 5.69 Å². The Morgan fingerprint density at radius 3 is 2.86 bits per heavy atom.